The Bertz CT molecular complexity index is 1910. The first-order valence-electron chi connectivity index (χ1n) is 15.0. The van der Waals surface area contributed by atoms with Crippen LogP contribution in [0.4, 0.5) is 25.2 Å². The number of ether oxygens (including phenoxy) is 1. The summed E-state index contributed by atoms with van der Waals surface area (Å²) in [5, 5.41) is 0.293. The first kappa shape index (κ1) is 33.7. The summed E-state index contributed by atoms with van der Waals surface area (Å²) in [6.07, 6.45) is 6.42. The number of aromatic amines is 1. The molecule has 0 saturated carbocycles. The molecule has 1 saturated heterocycles. The normalized spacial score (nSPS) is 14.4. The maximum absolute atomic E-state index is 15.5. The molecule has 13 nitrogen and oxygen atoms in total. The fraction of sp³-hybridized carbons (Fsp3) is 0.387. The molecule has 0 spiro atoms. The standard InChI is InChI=1S/C31H36F2N8O5S/c1-6-39(5)47(44,45)38-24-9-8-23(32)25(26(24)33)27(42)22-18-35-28-21(22)14-19(15-34-28)20-16-36-29(37-17-20)40-10-7-11-41(13-12-40)30(43)46-31(2,3)4/h8-9,14-18,38H,6-7,10-13H2,1-5H3,(H,34,35). The van der Waals surface area contributed by atoms with Gasteiger partial charge in [-0.3, -0.25) is 9.52 Å². The molecule has 1 aliphatic rings. The molecule has 3 aromatic heterocycles. The van der Waals surface area contributed by atoms with Gasteiger partial charge in [0, 0.05) is 86.6 Å². The fourth-order valence-corrected chi connectivity index (χ4v) is 5.90. The third kappa shape index (κ3) is 7.33. The van der Waals surface area contributed by atoms with E-state index < -0.39 is 44.5 Å². The number of benzene rings is 1. The van der Waals surface area contributed by atoms with Gasteiger partial charge in [-0.25, -0.2) is 28.5 Å². The number of halogens is 2. The van der Waals surface area contributed by atoms with Crippen molar-refractivity contribution in [3.05, 3.63) is 65.7 Å². The molecule has 5 rings (SSSR count). The Labute approximate surface area is 271 Å². The molecule has 4 heterocycles. The lowest BCUT2D eigenvalue weighted by Crippen LogP contribution is -2.39. The predicted molar refractivity (Wildman–Crippen MR) is 172 cm³/mol. The molecule has 47 heavy (non-hydrogen) atoms. The Morgan fingerprint density at radius 2 is 1.74 bits per heavy atom. The van der Waals surface area contributed by atoms with E-state index in [0.29, 0.717) is 60.7 Å². The largest absolute Gasteiger partial charge is 0.444 e. The van der Waals surface area contributed by atoms with Gasteiger partial charge in [0.15, 0.2) is 5.82 Å². The molecule has 2 N–H and O–H groups in total. The summed E-state index contributed by atoms with van der Waals surface area (Å²) >= 11 is 0. The van der Waals surface area contributed by atoms with Crippen LogP contribution in [0.3, 0.4) is 0 Å². The second kappa shape index (κ2) is 13.2. The van der Waals surface area contributed by atoms with Gasteiger partial charge in [0.05, 0.1) is 11.3 Å². The minimum absolute atomic E-state index is 0.0607. The third-order valence-electron chi connectivity index (χ3n) is 7.59. The summed E-state index contributed by atoms with van der Waals surface area (Å²) in [7, 11) is -2.84. The van der Waals surface area contributed by atoms with Crippen LogP contribution < -0.4 is 9.62 Å². The van der Waals surface area contributed by atoms with Crippen LogP contribution >= 0.6 is 0 Å². The van der Waals surface area contributed by atoms with Gasteiger partial charge in [-0.05, 0) is 45.4 Å². The molecule has 1 amide bonds. The Morgan fingerprint density at radius 3 is 2.43 bits per heavy atom. The molecule has 0 bridgehead atoms. The van der Waals surface area contributed by atoms with Crippen molar-refractivity contribution in [3.8, 4) is 11.1 Å². The van der Waals surface area contributed by atoms with E-state index in [0.717, 1.165) is 16.4 Å². The van der Waals surface area contributed by atoms with Crippen molar-refractivity contribution in [1.82, 2.24) is 29.1 Å². The van der Waals surface area contributed by atoms with Gasteiger partial charge in [-0.1, -0.05) is 6.92 Å². The minimum Gasteiger partial charge on any atom is -0.444 e. The molecule has 1 aliphatic heterocycles. The number of carbonyl (C=O) groups excluding carboxylic acids is 2. The summed E-state index contributed by atoms with van der Waals surface area (Å²) in [6, 6.07) is 3.38. The molecule has 1 aromatic carbocycles. The van der Waals surface area contributed by atoms with Crippen LogP contribution in [-0.2, 0) is 14.9 Å². The fourth-order valence-electron chi connectivity index (χ4n) is 4.97. The predicted octanol–water partition coefficient (Wildman–Crippen LogP) is 4.58. The second-order valence-corrected chi connectivity index (χ2v) is 13.8. The van der Waals surface area contributed by atoms with E-state index in [9.17, 15) is 22.4 Å². The molecule has 1 fully saturated rings. The van der Waals surface area contributed by atoms with Gasteiger partial charge in [-0.15, -0.1) is 0 Å². The second-order valence-electron chi connectivity index (χ2n) is 12.0. The number of ketones is 1. The number of pyridine rings is 1. The van der Waals surface area contributed by atoms with Gasteiger partial charge in [0.2, 0.25) is 11.7 Å². The third-order valence-corrected chi connectivity index (χ3v) is 9.15. The molecule has 0 radical (unpaired) electrons. The smallest absolute Gasteiger partial charge is 0.410 e. The molecule has 0 aliphatic carbocycles. The van der Waals surface area contributed by atoms with E-state index in [2.05, 4.69) is 24.7 Å². The lowest BCUT2D eigenvalue weighted by Gasteiger charge is -2.26. The number of hydrogen-bond donors (Lipinski definition) is 2. The molecule has 16 heteroatoms. The minimum atomic E-state index is -4.13. The van der Waals surface area contributed by atoms with Crippen molar-refractivity contribution in [2.45, 2.75) is 39.7 Å². The van der Waals surface area contributed by atoms with E-state index in [4.69, 9.17) is 4.74 Å². The average Bonchev–Trinajstić information content (AvgIpc) is 3.28. The highest BCUT2D eigenvalue weighted by Gasteiger charge is 2.28. The summed E-state index contributed by atoms with van der Waals surface area (Å²) in [5.41, 5.74) is -0.680. The first-order valence-corrected chi connectivity index (χ1v) is 16.4. The summed E-state index contributed by atoms with van der Waals surface area (Å²) in [4.78, 5) is 46.0. The highest BCUT2D eigenvalue weighted by atomic mass is 32.2. The number of aromatic nitrogens is 4. The van der Waals surface area contributed by atoms with Crippen LogP contribution in [0.25, 0.3) is 22.2 Å². The quantitative estimate of drug-likeness (QED) is 0.257. The molecule has 0 atom stereocenters. The SMILES string of the molecule is CCN(C)S(=O)(=O)Nc1ccc(F)c(C(=O)c2c[nH]c3ncc(-c4cnc(N5CCCN(C(=O)OC(C)(C)C)CC5)nc4)cc23)c1F. The number of anilines is 2. The van der Waals surface area contributed by atoms with Crippen LogP contribution in [0, 0.1) is 11.6 Å². The summed E-state index contributed by atoms with van der Waals surface area (Å²) in [6.45, 7) is 9.35. The van der Waals surface area contributed by atoms with E-state index in [1.54, 1.807) is 36.5 Å². The van der Waals surface area contributed by atoms with Gasteiger partial charge in [-0.2, -0.15) is 12.7 Å². The van der Waals surface area contributed by atoms with Crippen LogP contribution in [0.5, 0.6) is 0 Å². The molecule has 4 aromatic rings. The average molecular weight is 671 g/mol. The van der Waals surface area contributed by atoms with Gasteiger partial charge >= 0.3 is 16.3 Å². The zero-order chi connectivity index (χ0) is 34.1. The Hall–Kier alpha value is -4.70. The van der Waals surface area contributed by atoms with Crippen molar-refractivity contribution in [1.29, 1.82) is 0 Å². The summed E-state index contributed by atoms with van der Waals surface area (Å²) < 4.78 is 63.8. The van der Waals surface area contributed by atoms with Gasteiger partial charge < -0.3 is 19.5 Å². The monoisotopic (exact) mass is 670 g/mol. The van der Waals surface area contributed by atoms with Crippen LogP contribution in [0.1, 0.15) is 50.0 Å². The van der Waals surface area contributed by atoms with Crippen molar-refractivity contribution < 1.29 is 31.5 Å². The highest BCUT2D eigenvalue weighted by molar-refractivity contribution is 7.90. The summed E-state index contributed by atoms with van der Waals surface area (Å²) in [5.74, 6) is -3.00. The van der Waals surface area contributed by atoms with E-state index in [-0.39, 0.29) is 18.2 Å². The topological polar surface area (TPSA) is 154 Å². The number of hydrogen-bond acceptors (Lipinski definition) is 9. The van der Waals surface area contributed by atoms with E-state index in [1.807, 2.05) is 25.7 Å². The first-order chi connectivity index (χ1) is 22.2. The number of rotatable bonds is 8. The number of fused-ring (bicyclic) bond motifs is 1. The van der Waals surface area contributed by atoms with Crippen LogP contribution in [-0.4, -0.2) is 94.8 Å². The number of amides is 1. The Morgan fingerprint density at radius 1 is 1.04 bits per heavy atom. The van der Waals surface area contributed by atoms with Crippen molar-refractivity contribution >= 4 is 44.8 Å². The highest BCUT2D eigenvalue weighted by Crippen LogP contribution is 2.30. The Kier molecular flexibility index (Phi) is 9.45. The van der Waals surface area contributed by atoms with Crippen molar-refractivity contribution in [3.63, 3.8) is 0 Å². The zero-order valence-electron chi connectivity index (χ0n) is 26.7. The number of carbonyl (C=O) groups is 2. The number of H-pyrrole nitrogens is 1. The van der Waals surface area contributed by atoms with Gasteiger partial charge in [0.25, 0.3) is 0 Å². The number of nitrogens with zero attached hydrogens (tertiary/aromatic N) is 6. The molecular formula is C31H36F2N8O5S. The van der Waals surface area contributed by atoms with Crippen molar-refractivity contribution in [2.75, 3.05) is 49.4 Å². The molecule has 0 unspecified atom stereocenters. The van der Waals surface area contributed by atoms with Crippen LogP contribution in [0.15, 0.2) is 43.0 Å². The maximum atomic E-state index is 15.5. The van der Waals surface area contributed by atoms with E-state index in [1.165, 1.54) is 13.2 Å². The van der Waals surface area contributed by atoms with Crippen molar-refractivity contribution in [2.24, 2.45) is 0 Å². The van der Waals surface area contributed by atoms with Crippen LogP contribution in [0.2, 0.25) is 0 Å². The lowest BCUT2D eigenvalue weighted by molar-refractivity contribution is 0.0263. The van der Waals surface area contributed by atoms with Gasteiger partial charge in [0.1, 0.15) is 17.1 Å². The zero-order valence-corrected chi connectivity index (χ0v) is 27.5. The van der Waals surface area contributed by atoms with E-state index >= 15 is 4.39 Å². The maximum Gasteiger partial charge on any atom is 0.410 e. The molecule has 250 valence electrons. The Balaban J connectivity index is 1.37. The molecular weight excluding hydrogens is 634 g/mol. The lowest BCUT2D eigenvalue weighted by atomic mass is 10.0. The number of nitrogens with one attached hydrogen (secondary N) is 2.